The zero-order valence-corrected chi connectivity index (χ0v) is 18.1. The van der Waals surface area contributed by atoms with Gasteiger partial charge in [0, 0.05) is 22.5 Å². The molecule has 1 aliphatic heterocycles. The fourth-order valence-corrected chi connectivity index (χ4v) is 3.95. The second-order valence-corrected chi connectivity index (χ2v) is 8.39. The average molecular weight is 463 g/mol. The molecule has 0 saturated carbocycles. The summed E-state index contributed by atoms with van der Waals surface area (Å²) in [7, 11) is 1.65. The molecule has 2 atom stereocenters. The van der Waals surface area contributed by atoms with Crippen molar-refractivity contribution in [3.05, 3.63) is 58.6 Å². The molecule has 0 bridgehead atoms. The maximum absolute atomic E-state index is 12.7. The molecule has 28 heavy (non-hydrogen) atoms. The highest BCUT2D eigenvalue weighted by Crippen LogP contribution is 2.25. The molecule has 1 fully saturated rings. The first kappa shape index (κ1) is 20.9. The number of carbonyl (C=O) groups excluding carboxylic acids is 2. The molecule has 0 spiro atoms. The molecular formula is C20H23BrN4O2S. The molecule has 8 heteroatoms. The van der Waals surface area contributed by atoms with Crippen LogP contribution in [0.15, 0.2) is 57.9 Å². The minimum Gasteiger partial charge on any atom is -0.335 e. The lowest BCUT2D eigenvalue weighted by Gasteiger charge is -2.20. The molecule has 6 nitrogen and oxygen atoms in total. The smallest absolute Gasteiger partial charge is 0.244 e. The fraction of sp³-hybridized carbons (Fsp3) is 0.300. The third-order valence-electron chi connectivity index (χ3n) is 4.61. The SMILES string of the molecule is CSc1ccccc1NC(=O)CN(C)C(=O)C1CC(c2ccc(Br)cc2)NN1. The number of nitrogens with zero attached hydrogens (tertiary/aromatic N) is 1. The van der Waals surface area contributed by atoms with E-state index in [-0.39, 0.29) is 30.4 Å². The number of para-hydroxylation sites is 1. The number of thioether (sulfide) groups is 1. The topological polar surface area (TPSA) is 73.5 Å². The molecule has 1 saturated heterocycles. The van der Waals surface area contributed by atoms with Crippen LogP contribution in [0.2, 0.25) is 0 Å². The van der Waals surface area contributed by atoms with Crippen molar-refractivity contribution in [3.8, 4) is 0 Å². The summed E-state index contributed by atoms with van der Waals surface area (Å²) in [4.78, 5) is 27.5. The summed E-state index contributed by atoms with van der Waals surface area (Å²) in [6, 6.07) is 15.3. The van der Waals surface area contributed by atoms with Crippen molar-refractivity contribution in [2.75, 3.05) is 25.2 Å². The highest BCUT2D eigenvalue weighted by atomic mass is 79.9. The van der Waals surface area contributed by atoms with Gasteiger partial charge in [-0.3, -0.25) is 9.59 Å². The van der Waals surface area contributed by atoms with Crippen LogP contribution in [0.4, 0.5) is 5.69 Å². The Morgan fingerprint density at radius 3 is 2.61 bits per heavy atom. The number of nitrogens with one attached hydrogen (secondary N) is 3. The van der Waals surface area contributed by atoms with Crippen molar-refractivity contribution in [2.45, 2.75) is 23.4 Å². The Bertz CT molecular complexity index is 846. The molecule has 2 aromatic carbocycles. The number of carbonyl (C=O) groups is 2. The van der Waals surface area contributed by atoms with Gasteiger partial charge < -0.3 is 10.2 Å². The van der Waals surface area contributed by atoms with E-state index in [1.165, 1.54) is 4.90 Å². The Labute approximate surface area is 177 Å². The highest BCUT2D eigenvalue weighted by Gasteiger charge is 2.32. The number of hydrazine groups is 1. The molecule has 1 heterocycles. The first-order chi connectivity index (χ1) is 13.5. The van der Waals surface area contributed by atoms with Crippen molar-refractivity contribution in [2.24, 2.45) is 0 Å². The summed E-state index contributed by atoms with van der Waals surface area (Å²) in [5.41, 5.74) is 8.10. The maximum atomic E-state index is 12.7. The standard InChI is InChI=1S/C20H23BrN4O2S/c1-25(12-19(26)22-15-5-3-4-6-18(15)28-2)20(27)17-11-16(23-24-17)13-7-9-14(21)10-8-13/h3-10,16-17,23-24H,11-12H2,1-2H3,(H,22,26). The van der Waals surface area contributed by atoms with E-state index in [1.54, 1.807) is 18.8 Å². The van der Waals surface area contributed by atoms with Crippen LogP contribution in [0, 0.1) is 0 Å². The normalized spacial score (nSPS) is 18.7. The summed E-state index contributed by atoms with van der Waals surface area (Å²) in [5, 5.41) is 2.88. The zero-order chi connectivity index (χ0) is 20.1. The van der Waals surface area contributed by atoms with Crippen LogP contribution in [-0.4, -0.2) is 42.6 Å². The molecule has 3 rings (SSSR count). The lowest BCUT2D eigenvalue weighted by molar-refractivity contribution is -0.134. The third-order valence-corrected chi connectivity index (χ3v) is 5.94. The van der Waals surface area contributed by atoms with Gasteiger partial charge in [-0.1, -0.05) is 40.2 Å². The quantitative estimate of drug-likeness (QED) is 0.574. The molecule has 1 aliphatic rings. The molecule has 0 aliphatic carbocycles. The molecule has 2 amide bonds. The van der Waals surface area contributed by atoms with E-state index in [9.17, 15) is 9.59 Å². The van der Waals surface area contributed by atoms with Gasteiger partial charge in [0.15, 0.2) is 0 Å². The predicted molar refractivity (Wildman–Crippen MR) is 116 cm³/mol. The van der Waals surface area contributed by atoms with Gasteiger partial charge in [0.05, 0.1) is 12.2 Å². The Morgan fingerprint density at radius 1 is 1.18 bits per heavy atom. The summed E-state index contributed by atoms with van der Waals surface area (Å²) >= 11 is 4.99. The number of halogens is 1. The van der Waals surface area contributed by atoms with Gasteiger partial charge in [-0.05, 0) is 42.5 Å². The number of anilines is 1. The van der Waals surface area contributed by atoms with E-state index in [4.69, 9.17) is 0 Å². The van der Waals surface area contributed by atoms with Crippen LogP contribution in [0.25, 0.3) is 0 Å². The molecule has 3 N–H and O–H groups in total. The highest BCUT2D eigenvalue weighted by molar-refractivity contribution is 9.10. The van der Waals surface area contributed by atoms with Gasteiger partial charge in [-0.25, -0.2) is 10.9 Å². The van der Waals surface area contributed by atoms with Crippen molar-refractivity contribution in [3.63, 3.8) is 0 Å². The van der Waals surface area contributed by atoms with Gasteiger partial charge in [0.25, 0.3) is 0 Å². The molecule has 0 aromatic heterocycles. The van der Waals surface area contributed by atoms with Crippen molar-refractivity contribution >= 4 is 45.2 Å². The molecule has 148 valence electrons. The molecular weight excluding hydrogens is 440 g/mol. The van der Waals surface area contributed by atoms with Crippen LogP contribution in [0.5, 0.6) is 0 Å². The molecule has 0 radical (unpaired) electrons. The van der Waals surface area contributed by atoms with Gasteiger partial charge in [0.2, 0.25) is 11.8 Å². The first-order valence-electron chi connectivity index (χ1n) is 8.92. The van der Waals surface area contributed by atoms with Crippen LogP contribution in [0.3, 0.4) is 0 Å². The number of hydrogen-bond acceptors (Lipinski definition) is 5. The summed E-state index contributed by atoms with van der Waals surface area (Å²) in [5.74, 6) is -0.326. The fourth-order valence-electron chi connectivity index (χ4n) is 3.13. The largest absolute Gasteiger partial charge is 0.335 e. The molecule has 2 aromatic rings. The van der Waals surface area contributed by atoms with Gasteiger partial charge in [-0.2, -0.15) is 0 Å². The molecule has 2 unspecified atom stereocenters. The second kappa shape index (κ2) is 9.56. The number of likely N-dealkylation sites (N-methyl/N-ethyl adjacent to an activating group) is 1. The average Bonchev–Trinajstić information content (AvgIpc) is 3.18. The number of benzene rings is 2. The lowest BCUT2D eigenvalue weighted by atomic mass is 10.0. The van der Waals surface area contributed by atoms with Crippen LogP contribution in [0.1, 0.15) is 18.0 Å². The number of amides is 2. The Hall–Kier alpha value is -1.87. The van der Waals surface area contributed by atoms with Gasteiger partial charge >= 0.3 is 0 Å². The van der Waals surface area contributed by atoms with E-state index in [2.05, 4.69) is 32.1 Å². The zero-order valence-electron chi connectivity index (χ0n) is 15.7. The lowest BCUT2D eigenvalue weighted by Crippen LogP contribution is -2.46. The second-order valence-electron chi connectivity index (χ2n) is 6.62. The van der Waals surface area contributed by atoms with E-state index in [0.717, 1.165) is 20.6 Å². The van der Waals surface area contributed by atoms with E-state index < -0.39 is 0 Å². The number of rotatable bonds is 6. The Balaban J connectivity index is 1.54. The van der Waals surface area contributed by atoms with Gasteiger partial charge in [0.1, 0.15) is 6.04 Å². The monoisotopic (exact) mass is 462 g/mol. The maximum Gasteiger partial charge on any atom is 0.244 e. The van der Waals surface area contributed by atoms with Crippen molar-refractivity contribution < 1.29 is 9.59 Å². The van der Waals surface area contributed by atoms with E-state index in [0.29, 0.717) is 6.42 Å². The summed E-state index contributed by atoms with van der Waals surface area (Å²) < 4.78 is 1.02. The van der Waals surface area contributed by atoms with Crippen molar-refractivity contribution in [1.29, 1.82) is 0 Å². The first-order valence-corrected chi connectivity index (χ1v) is 10.9. The van der Waals surface area contributed by atoms with E-state index in [1.807, 2.05) is 54.8 Å². The third kappa shape index (κ3) is 5.14. The van der Waals surface area contributed by atoms with Gasteiger partial charge in [-0.15, -0.1) is 11.8 Å². The van der Waals surface area contributed by atoms with Crippen LogP contribution < -0.4 is 16.2 Å². The minimum absolute atomic E-state index is 0.00266. The van der Waals surface area contributed by atoms with Crippen LogP contribution in [-0.2, 0) is 9.59 Å². The van der Waals surface area contributed by atoms with E-state index >= 15 is 0 Å². The Morgan fingerprint density at radius 2 is 1.89 bits per heavy atom. The predicted octanol–water partition coefficient (Wildman–Crippen LogP) is 3.18. The van der Waals surface area contributed by atoms with Crippen LogP contribution >= 0.6 is 27.7 Å². The summed E-state index contributed by atoms with van der Waals surface area (Å²) in [6.45, 7) is 0.00266. The number of hydrogen-bond donors (Lipinski definition) is 3. The Kier molecular flexibility index (Phi) is 7.12. The minimum atomic E-state index is -0.370. The summed E-state index contributed by atoms with van der Waals surface area (Å²) in [6.07, 6.45) is 2.59. The van der Waals surface area contributed by atoms with Crippen molar-refractivity contribution in [1.82, 2.24) is 15.8 Å².